The highest BCUT2D eigenvalue weighted by molar-refractivity contribution is 14.0. The number of nitrogens with one attached hydrogen (secondary N) is 3. The minimum atomic E-state index is -0.206. The monoisotopic (exact) mass is 509 g/mol. The van der Waals surface area contributed by atoms with Gasteiger partial charge in [-0.1, -0.05) is 24.3 Å². The summed E-state index contributed by atoms with van der Waals surface area (Å²) in [6.45, 7) is 6.04. The summed E-state index contributed by atoms with van der Waals surface area (Å²) < 4.78 is 6.11. The van der Waals surface area contributed by atoms with Crippen molar-refractivity contribution in [3.8, 4) is 5.75 Å². The van der Waals surface area contributed by atoms with Crippen LogP contribution in [0.25, 0.3) is 0 Å². The maximum absolute atomic E-state index is 6.11. The number of para-hydroxylation sites is 1. The molecule has 1 atom stereocenters. The number of anilines is 1. The molecule has 0 aliphatic carbocycles. The van der Waals surface area contributed by atoms with Gasteiger partial charge in [0.05, 0.1) is 6.04 Å². The quantitative estimate of drug-likeness (QED) is 0.224. The van der Waals surface area contributed by atoms with Crippen molar-refractivity contribution in [2.75, 3.05) is 25.5 Å². The number of fused-ring (bicyclic) bond motifs is 1. The number of benzene rings is 1. The van der Waals surface area contributed by atoms with E-state index < -0.39 is 0 Å². The highest BCUT2D eigenvalue weighted by Crippen LogP contribution is 2.39. The van der Waals surface area contributed by atoms with Gasteiger partial charge >= 0.3 is 0 Å². The fourth-order valence-electron chi connectivity index (χ4n) is 3.43. The van der Waals surface area contributed by atoms with Crippen molar-refractivity contribution in [1.29, 1.82) is 0 Å². The number of hydrogen-bond donors (Lipinski definition) is 3. The summed E-state index contributed by atoms with van der Waals surface area (Å²) in [5.41, 5.74) is 0.978. The molecule has 0 saturated carbocycles. The summed E-state index contributed by atoms with van der Waals surface area (Å²) >= 11 is 0. The lowest BCUT2D eigenvalue weighted by Gasteiger charge is -2.38. The molecule has 2 heterocycles. The lowest BCUT2D eigenvalue weighted by Crippen LogP contribution is -2.45. The van der Waals surface area contributed by atoms with Crippen molar-refractivity contribution in [2.45, 2.75) is 44.8 Å². The minimum Gasteiger partial charge on any atom is -0.487 e. The summed E-state index contributed by atoms with van der Waals surface area (Å²) in [5, 5.41) is 10.3. The molecule has 7 heteroatoms. The lowest BCUT2D eigenvalue weighted by atomic mass is 9.90. The number of aliphatic imine (C=N–C) groups is 1. The van der Waals surface area contributed by atoms with E-state index in [-0.39, 0.29) is 35.6 Å². The Labute approximate surface area is 191 Å². The van der Waals surface area contributed by atoms with Gasteiger partial charge < -0.3 is 20.7 Å². The van der Waals surface area contributed by atoms with Gasteiger partial charge in [-0.3, -0.25) is 4.99 Å². The molecule has 1 unspecified atom stereocenters. The highest BCUT2D eigenvalue weighted by atomic mass is 127. The Morgan fingerprint density at radius 2 is 1.90 bits per heavy atom. The van der Waals surface area contributed by atoms with Crippen LogP contribution in [0.15, 0.2) is 53.7 Å². The van der Waals surface area contributed by atoms with Gasteiger partial charge in [0.15, 0.2) is 5.96 Å². The van der Waals surface area contributed by atoms with Crippen molar-refractivity contribution in [3.63, 3.8) is 0 Å². The van der Waals surface area contributed by atoms with E-state index in [9.17, 15) is 0 Å². The predicted molar refractivity (Wildman–Crippen MR) is 130 cm³/mol. The van der Waals surface area contributed by atoms with Crippen molar-refractivity contribution in [1.82, 2.24) is 15.6 Å². The van der Waals surface area contributed by atoms with Gasteiger partial charge in [-0.15, -0.1) is 24.0 Å². The van der Waals surface area contributed by atoms with E-state index in [4.69, 9.17) is 4.74 Å². The molecule has 0 saturated heterocycles. The molecule has 1 aromatic carbocycles. The molecular formula is C22H32IN5O. The number of guanidine groups is 1. The topological polar surface area (TPSA) is 70.6 Å². The number of aromatic nitrogens is 1. The van der Waals surface area contributed by atoms with Gasteiger partial charge in [0, 0.05) is 38.3 Å². The first-order valence-electron chi connectivity index (χ1n) is 9.97. The van der Waals surface area contributed by atoms with E-state index in [0.717, 1.165) is 49.9 Å². The third-order valence-corrected chi connectivity index (χ3v) is 4.78. The second kappa shape index (κ2) is 11.2. The van der Waals surface area contributed by atoms with Crippen LogP contribution in [0.2, 0.25) is 0 Å². The van der Waals surface area contributed by atoms with E-state index in [2.05, 4.69) is 51.9 Å². The summed E-state index contributed by atoms with van der Waals surface area (Å²) in [7, 11) is 1.81. The van der Waals surface area contributed by atoms with Crippen LogP contribution in [0.4, 0.5) is 5.82 Å². The first-order chi connectivity index (χ1) is 13.6. The van der Waals surface area contributed by atoms with Crippen LogP contribution in [0.5, 0.6) is 5.75 Å². The van der Waals surface area contributed by atoms with Gasteiger partial charge in [0.25, 0.3) is 0 Å². The molecule has 1 aliphatic heterocycles. The van der Waals surface area contributed by atoms with Gasteiger partial charge in [-0.25, -0.2) is 4.98 Å². The molecule has 0 fully saturated rings. The zero-order chi connectivity index (χ0) is 19.8. The molecule has 2 aromatic rings. The van der Waals surface area contributed by atoms with Gasteiger partial charge in [-0.2, -0.15) is 0 Å². The highest BCUT2D eigenvalue weighted by Gasteiger charge is 2.33. The van der Waals surface area contributed by atoms with E-state index >= 15 is 0 Å². The molecule has 0 bridgehead atoms. The van der Waals surface area contributed by atoms with Crippen LogP contribution in [-0.4, -0.2) is 36.7 Å². The summed E-state index contributed by atoms with van der Waals surface area (Å²) in [6.07, 6.45) is 4.80. The van der Waals surface area contributed by atoms with Gasteiger partial charge in [0.2, 0.25) is 0 Å². The van der Waals surface area contributed by atoms with Gasteiger partial charge in [-0.05, 0) is 44.9 Å². The molecule has 1 aliphatic rings. The number of ether oxygens (including phenoxy) is 1. The number of nitrogens with zero attached hydrogens (tertiary/aromatic N) is 2. The third-order valence-electron chi connectivity index (χ3n) is 4.78. The first kappa shape index (κ1) is 23.3. The summed E-state index contributed by atoms with van der Waals surface area (Å²) in [6, 6.07) is 14.3. The number of pyridine rings is 1. The molecule has 6 nitrogen and oxygen atoms in total. The SMILES string of the molecule is CN=C(NCCCCNc1ccccn1)NC1CC(C)(C)Oc2ccccc21.I. The maximum atomic E-state index is 6.11. The Morgan fingerprint density at radius 1 is 1.14 bits per heavy atom. The van der Waals surface area contributed by atoms with Gasteiger partial charge in [0.1, 0.15) is 17.2 Å². The zero-order valence-electron chi connectivity index (χ0n) is 17.4. The second-order valence-corrected chi connectivity index (χ2v) is 7.65. The van der Waals surface area contributed by atoms with E-state index in [0.29, 0.717) is 0 Å². The fraction of sp³-hybridized carbons (Fsp3) is 0.455. The lowest BCUT2D eigenvalue weighted by molar-refractivity contribution is 0.0694. The Morgan fingerprint density at radius 3 is 2.66 bits per heavy atom. The number of hydrogen-bond acceptors (Lipinski definition) is 4. The van der Waals surface area contributed by atoms with Crippen molar-refractivity contribution >= 4 is 35.8 Å². The van der Waals surface area contributed by atoms with E-state index in [1.54, 1.807) is 6.20 Å². The predicted octanol–water partition coefficient (Wildman–Crippen LogP) is 4.36. The summed E-state index contributed by atoms with van der Waals surface area (Å²) in [5.74, 6) is 2.70. The van der Waals surface area contributed by atoms with Crippen LogP contribution in [0, 0.1) is 0 Å². The Kier molecular flexibility index (Phi) is 9.00. The standard InChI is InChI=1S/C22H31N5O.HI/c1-22(2)16-18(17-10-4-5-11-19(17)28-22)27-21(23-3)26-15-9-8-14-25-20-12-6-7-13-24-20;/h4-7,10-13,18H,8-9,14-16H2,1-3H3,(H,24,25)(H2,23,26,27);1H. The Hall–Kier alpha value is -2.03. The first-order valence-corrected chi connectivity index (χ1v) is 9.97. The van der Waals surface area contributed by atoms with Crippen LogP contribution in [-0.2, 0) is 0 Å². The minimum absolute atomic E-state index is 0. The number of halogens is 1. The molecule has 0 spiro atoms. The third kappa shape index (κ3) is 7.06. The zero-order valence-corrected chi connectivity index (χ0v) is 19.8. The Balaban J connectivity index is 0.00000300. The maximum Gasteiger partial charge on any atom is 0.191 e. The second-order valence-electron chi connectivity index (χ2n) is 7.65. The molecule has 29 heavy (non-hydrogen) atoms. The molecule has 158 valence electrons. The summed E-state index contributed by atoms with van der Waals surface area (Å²) in [4.78, 5) is 8.66. The van der Waals surface area contributed by atoms with Crippen molar-refractivity contribution < 1.29 is 4.74 Å². The molecule has 0 amide bonds. The van der Waals surface area contributed by atoms with Crippen LogP contribution in [0.1, 0.15) is 44.7 Å². The van der Waals surface area contributed by atoms with Crippen LogP contribution >= 0.6 is 24.0 Å². The average Bonchev–Trinajstić information content (AvgIpc) is 2.69. The molecule has 3 rings (SSSR count). The fourth-order valence-corrected chi connectivity index (χ4v) is 3.43. The number of rotatable bonds is 7. The van der Waals surface area contributed by atoms with Crippen molar-refractivity contribution in [2.24, 2.45) is 4.99 Å². The normalized spacial score (nSPS) is 17.3. The average molecular weight is 509 g/mol. The van der Waals surface area contributed by atoms with Crippen molar-refractivity contribution in [3.05, 3.63) is 54.2 Å². The molecular weight excluding hydrogens is 477 g/mol. The Bertz CT molecular complexity index is 782. The van der Waals surface area contributed by atoms with Crippen LogP contribution in [0.3, 0.4) is 0 Å². The molecule has 0 radical (unpaired) electrons. The molecule has 1 aromatic heterocycles. The largest absolute Gasteiger partial charge is 0.487 e. The van der Waals surface area contributed by atoms with E-state index in [1.807, 2.05) is 37.4 Å². The molecule has 3 N–H and O–H groups in total. The number of unbranched alkanes of at least 4 members (excludes halogenated alkanes) is 1. The van der Waals surface area contributed by atoms with Crippen LogP contribution < -0.4 is 20.7 Å². The smallest absolute Gasteiger partial charge is 0.191 e. The van der Waals surface area contributed by atoms with E-state index in [1.165, 1.54) is 5.56 Å².